The predicted molar refractivity (Wildman–Crippen MR) is 99.7 cm³/mol. The van der Waals surface area contributed by atoms with Crippen LogP contribution in [-0.2, 0) is 6.42 Å². The summed E-state index contributed by atoms with van der Waals surface area (Å²) in [5.74, 6) is 0.656. The first-order valence-electron chi connectivity index (χ1n) is 8.91. The van der Waals surface area contributed by atoms with Crippen molar-refractivity contribution in [3.05, 3.63) is 50.3 Å². The molecule has 1 saturated heterocycles. The number of likely N-dealkylation sites (tertiary alicyclic amines) is 1. The van der Waals surface area contributed by atoms with E-state index in [1.54, 1.807) is 18.3 Å². The molecule has 0 bridgehead atoms. The minimum Gasteiger partial charge on any atom is -0.335 e. The summed E-state index contributed by atoms with van der Waals surface area (Å²) in [6, 6.07) is 4.35. The maximum Gasteiger partial charge on any atom is 0.286 e. The molecule has 4 rings (SSSR count). The Morgan fingerprint density at radius 1 is 1.42 bits per heavy atom. The van der Waals surface area contributed by atoms with Gasteiger partial charge in [-0.05, 0) is 50.5 Å². The van der Waals surface area contributed by atoms with E-state index in [0.29, 0.717) is 12.4 Å². The van der Waals surface area contributed by atoms with E-state index in [1.807, 2.05) is 4.90 Å². The molecule has 136 valence electrons. The molecule has 1 N–H and O–H groups in total. The summed E-state index contributed by atoms with van der Waals surface area (Å²) in [5, 5.41) is 4.92. The zero-order chi connectivity index (χ0) is 18.1. The number of aromatic nitrogens is 4. The van der Waals surface area contributed by atoms with Crippen molar-refractivity contribution in [3.63, 3.8) is 0 Å². The highest BCUT2D eigenvalue weighted by Crippen LogP contribution is 2.24. The fourth-order valence-electron chi connectivity index (χ4n) is 3.60. The van der Waals surface area contributed by atoms with Gasteiger partial charge in [0, 0.05) is 23.7 Å². The molecule has 1 amide bonds. The van der Waals surface area contributed by atoms with Gasteiger partial charge in [0.2, 0.25) is 0 Å². The van der Waals surface area contributed by atoms with E-state index < -0.39 is 0 Å². The van der Waals surface area contributed by atoms with E-state index >= 15 is 0 Å². The van der Waals surface area contributed by atoms with E-state index in [2.05, 4.69) is 32.6 Å². The van der Waals surface area contributed by atoms with Crippen LogP contribution < -0.4 is 5.56 Å². The van der Waals surface area contributed by atoms with Crippen LogP contribution in [0.3, 0.4) is 0 Å². The van der Waals surface area contributed by atoms with Gasteiger partial charge >= 0.3 is 0 Å². The Morgan fingerprint density at radius 3 is 3.12 bits per heavy atom. The van der Waals surface area contributed by atoms with Crippen LogP contribution in [0.5, 0.6) is 0 Å². The third kappa shape index (κ3) is 3.16. The topological polar surface area (TPSA) is 83.4 Å². The van der Waals surface area contributed by atoms with E-state index in [-0.39, 0.29) is 28.8 Å². The lowest BCUT2D eigenvalue weighted by Crippen LogP contribution is -2.45. The van der Waals surface area contributed by atoms with Gasteiger partial charge in [-0.2, -0.15) is 9.50 Å². The van der Waals surface area contributed by atoms with Gasteiger partial charge in [0.1, 0.15) is 11.4 Å². The third-order valence-electron chi connectivity index (χ3n) is 4.91. The van der Waals surface area contributed by atoms with Crippen LogP contribution in [0.15, 0.2) is 28.5 Å². The first-order chi connectivity index (χ1) is 12.6. The number of hydrogen-bond donors (Lipinski definition) is 1. The first kappa shape index (κ1) is 17.0. The van der Waals surface area contributed by atoms with Gasteiger partial charge < -0.3 is 4.90 Å². The highest BCUT2D eigenvalue weighted by atomic mass is 32.1. The molecule has 1 aliphatic rings. The zero-order valence-electron chi connectivity index (χ0n) is 14.6. The Morgan fingerprint density at radius 2 is 2.31 bits per heavy atom. The van der Waals surface area contributed by atoms with Gasteiger partial charge in [-0.3, -0.25) is 14.7 Å². The van der Waals surface area contributed by atoms with Crippen molar-refractivity contribution in [1.29, 1.82) is 0 Å². The fraction of sp³-hybridized carbons (Fsp3) is 0.444. The molecule has 0 aromatic carbocycles. The molecule has 0 saturated carbocycles. The molecule has 1 unspecified atom stereocenters. The SMILES string of the molecule is Cc1nc2ncc(C(=O)N3CCCCC3CCc3cccs3)c(=O)n2[nH]1. The number of aromatic amines is 1. The Kier molecular flexibility index (Phi) is 4.58. The summed E-state index contributed by atoms with van der Waals surface area (Å²) in [6.45, 7) is 2.44. The minimum absolute atomic E-state index is 0.106. The van der Waals surface area contributed by atoms with E-state index in [9.17, 15) is 9.59 Å². The van der Waals surface area contributed by atoms with Crippen molar-refractivity contribution in [2.75, 3.05) is 6.54 Å². The average molecular weight is 371 g/mol. The summed E-state index contributed by atoms with van der Waals surface area (Å²) in [7, 11) is 0. The average Bonchev–Trinajstić information content (AvgIpc) is 3.29. The monoisotopic (exact) mass is 371 g/mol. The summed E-state index contributed by atoms with van der Waals surface area (Å²) in [4.78, 5) is 37.3. The number of rotatable bonds is 4. The standard InChI is InChI=1S/C18H21N5O2S/c1-12-20-18-19-11-15(17(25)23(18)21-12)16(24)22-9-3-2-5-13(22)7-8-14-6-4-10-26-14/h4,6,10-11,13H,2-3,5,7-9H2,1H3,(H,19,20,21). The molecule has 7 nitrogen and oxygen atoms in total. The molecule has 0 radical (unpaired) electrons. The normalized spacial score (nSPS) is 17.7. The van der Waals surface area contributed by atoms with Gasteiger partial charge in [0.15, 0.2) is 0 Å². The number of fused-ring (bicyclic) bond motifs is 1. The van der Waals surface area contributed by atoms with Crippen LogP contribution in [0.1, 0.15) is 46.7 Å². The molecule has 4 heterocycles. The van der Waals surface area contributed by atoms with E-state index in [4.69, 9.17) is 0 Å². The summed E-state index contributed by atoms with van der Waals surface area (Å²) in [6.07, 6.45) is 6.33. The highest BCUT2D eigenvalue weighted by Gasteiger charge is 2.29. The van der Waals surface area contributed by atoms with Gasteiger partial charge in [0.25, 0.3) is 17.2 Å². The molecule has 1 atom stereocenters. The Labute approximate surface area is 154 Å². The van der Waals surface area contributed by atoms with Crippen molar-refractivity contribution >= 4 is 23.0 Å². The van der Waals surface area contributed by atoms with Crippen molar-refractivity contribution in [1.82, 2.24) is 24.5 Å². The number of nitrogens with one attached hydrogen (secondary N) is 1. The zero-order valence-corrected chi connectivity index (χ0v) is 15.5. The van der Waals surface area contributed by atoms with Crippen molar-refractivity contribution in [2.45, 2.75) is 45.1 Å². The summed E-state index contributed by atoms with van der Waals surface area (Å²) in [5.41, 5.74) is -0.280. The molecule has 1 aliphatic heterocycles. The van der Waals surface area contributed by atoms with Crippen molar-refractivity contribution < 1.29 is 4.79 Å². The number of carbonyl (C=O) groups is 1. The van der Waals surface area contributed by atoms with Crippen LogP contribution >= 0.6 is 11.3 Å². The minimum atomic E-state index is -0.386. The van der Waals surface area contributed by atoms with Crippen LogP contribution in [-0.4, -0.2) is 43.0 Å². The maximum atomic E-state index is 13.1. The maximum absolute atomic E-state index is 13.1. The lowest BCUT2D eigenvalue weighted by Gasteiger charge is -2.35. The largest absolute Gasteiger partial charge is 0.335 e. The number of aryl methyl sites for hydroxylation is 2. The molecule has 8 heteroatoms. The predicted octanol–water partition coefficient (Wildman–Crippen LogP) is 2.42. The third-order valence-corrected chi connectivity index (χ3v) is 5.84. The number of thiophene rings is 1. The fourth-order valence-corrected chi connectivity index (χ4v) is 4.32. The lowest BCUT2D eigenvalue weighted by molar-refractivity contribution is 0.0599. The van der Waals surface area contributed by atoms with Crippen molar-refractivity contribution in [3.8, 4) is 0 Å². The molecule has 0 spiro atoms. The molecule has 3 aromatic heterocycles. The Bertz CT molecular complexity index is 975. The number of nitrogens with zero attached hydrogens (tertiary/aromatic N) is 4. The number of amides is 1. The summed E-state index contributed by atoms with van der Waals surface area (Å²) < 4.78 is 1.24. The Balaban J connectivity index is 1.58. The molecule has 0 aliphatic carbocycles. The van der Waals surface area contributed by atoms with Gasteiger partial charge in [-0.25, -0.2) is 4.98 Å². The van der Waals surface area contributed by atoms with Crippen LogP contribution in [0.2, 0.25) is 0 Å². The van der Waals surface area contributed by atoms with Crippen molar-refractivity contribution in [2.24, 2.45) is 0 Å². The molecular weight excluding hydrogens is 350 g/mol. The number of hydrogen-bond acceptors (Lipinski definition) is 5. The number of carbonyl (C=O) groups excluding carboxylic acids is 1. The van der Waals surface area contributed by atoms with Gasteiger partial charge in [-0.15, -0.1) is 11.3 Å². The van der Waals surface area contributed by atoms with Crippen LogP contribution in [0.4, 0.5) is 0 Å². The smallest absolute Gasteiger partial charge is 0.286 e. The summed E-state index contributed by atoms with van der Waals surface area (Å²) >= 11 is 1.75. The second-order valence-electron chi connectivity index (χ2n) is 6.69. The molecule has 1 fully saturated rings. The molecular formula is C18H21N5O2S. The second kappa shape index (κ2) is 7.03. The van der Waals surface area contributed by atoms with Gasteiger partial charge in [-0.1, -0.05) is 6.07 Å². The molecule has 26 heavy (non-hydrogen) atoms. The van der Waals surface area contributed by atoms with Crippen LogP contribution in [0.25, 0.3) is 5.78 Å². The first-order valence-corrected chi connectivity index (χ1v) is 9.79. The number of piperidine rings is 1. The quantitative estimate of drug-likeness (QED) is 0.763. The van der Waals surface area contributed by atoms with E-state index in [0.717, 1.165) is 32.1 Å². The Hall–Kier alpha value is -2.48. The lowest BCUT2D eigenvalue weighted by atomic mass is 9.97. The number of H-pyrrole nitrogens is 1. The second-order valence-corrected chi connectivity index (χ2v) is 7.72. The van der Waals surface area contributed by atoms with Gasteiger partial charge in [0.05, 0.1) is 0 Å². The van der Waals surface area contributed by atoms with E-state index in [1.165, 1.54) is 15.6 Å². The molecule has 3 aromatic rings. The van der Waals surface area contributed by atoms with Crippen LogP contribution in [0, 0.1) is 6.92 Å². The highest BCUT2D eigenvalue weighted by molar-refractivity contribution is 7.09.